The van der Waals surface area contributed by atoms with Gasteiger partial charge in [0, 0.05) is 23.6 Å². The van der Waals surface area contributed by atoms with Crippen LogP contribution < -0.4 is 16.4 Å². The van der Waals surface area contributed by atoms with Crippen molar-refractivity contribution in [2.75, 3.05) is 10.6 Å². The van der Waals surface area contributed by atoms with Crippen molar-refractivity contribution in [3.63, 3.8) is 0 Å². The van der Waals surface area contributed by atoms with E-state index >= 15 is 0 Å². The topological polar surface area (TPSA) is 111 Å². The van der Waals surface area contributed by atoms with Crippen LogP contribution in [0.25, 0.3) is 11.2 Å². The Morgan fingerprint density at radius 3 is 2.58 bits per heavy atom. The van der Waals surface area contributed by atoms with Crippen molar-refractivity contribution >= 4 is 34.7 Å². The third-order valence-corrected chi connectivity index (χ3v) is 6.95. The van der Waals surface area contributed by atoms with Crippen molar-refractivity contribution in [2.24, 2.45) is 11.7 Å². The first-order chi connectivity index (χ1) is 15.8. The van der Waals surface area contributed by atoms with Gasteiger partial charge in [0.25, 0.3) is 0 Å². The molecule has 0 unspecified atom stereocenters. The maximum absolute atomic E-state index is 14.4. The first-order valence-electron chi connectivity index (χ1n) is 11.4. The number of hydrogen-bond acceptors (Lipinski definition) is 6. The maximum atomic E-state index is 14.4. The van der Waals surface area contributed by atoms with Crippen molar-refractivity contribution in [1.29, 1.82) is 0 Å². The third-order valence-electron chi connectivity index (χ3n) is 6.95. The second-order valence-corrected chi connectivity index (χ2v) is 9.40. The lowest BCUT2D eigenvalue weighted by molar-refractivity contribution is -0.122. The average Bonchev–Trinajstić information content (AvgIpc) is 3.12. The molecule has 0 atom stereocenters. The Morgan fingerprint density at radius 1 is 1.18 bits per heavy atom. The molecule has 0 bridgehead atoms. The Balaban J connectivity index is 1.53. The van der Waals surface area contributed by atoms with Gasteiger partial charge in [0.1, 0.15) is 17.2 Å². The van der Waals surface area contributed by atoms with Crippen LogP contribution in [0.5, 0.6) is 0 Å². The summed E-state index contributed by atoms with van der Waals surface area (Å²) in [5.41, 5.74) is 6.81. The SMILES string of the molecule is CC1(Nc2ncc3nc(Nc4ccc(F)cc4F)n(C4CCC(C(N)=O)CC4)c3n2)CCC1. The molecule has 33 heavy (non-hydrogen) atoms. The predicted molar refractivity (Wildman–Crippen MR) is 121 cm³/mol. The Morgan fingerprint density at radius 2 is 1.94 bits per heavy atom. The minimum atomic E-state index is -0.711. The number of rotatable bonds is 6. The number of carbonyl (C=O) groups is 1. The molecular formula is C23H27F2N7O. The fraction of sp³-hybridized carbons (Fsp3) is 0.478. The molecule has 2 aromatic heterocycles. The lowest BCUT2D eigenvalue weighted by Crippen LogP contribution is -2.42. The number of nitrogens with one attached hydrogen (secondary N) is 2. The number of amides is 1. The van der Waals surface area contributed by atoms with E-state index in [2.05, 4.69) is 27.5 Å². The normalized spacial score (nSPS) is 22.0. The van der Waals surface area contributed by atoms with E-state index in [0.717, 1.165) is 18.9 Å². The molecule has 2 saturated carbocycles. The van der Waals surface area contributed by atoms with E-state index in [0.29, 0.717) is 48.7 Å². The molecule has 5 rings (SSSR count). The summed E-state index contributed by atoms with van der Waals surface area (Å²) in [6.45, 7) is 2.15. The summed E-state index contributed by atoms with van der Waals surface area (Å²) in [5.74, 6) is -0.860. The fourth-order valence-corrected chi connectivity index (χ4v) is 4.82. The number of hydrogen-bond donors (Lipinski definition) is 3. The second-order valence-electron chi connectivity index (χ2n) is 9.40. The number of anilines is 3. The van der Waals surface area contributed by atoms with Crippen molar-refractivity contribution in [3.8, 4) is 0 Å². The number of nitrogens with two attached hydrogens (primary N) is 1. The highest BCUT2D eigenvalue weighted by Crippen LogP contribution is 2.38. The van der Waals surface area contributed by atoms with Crippen LogP contribution in [0, 0.1) is 17.6 Å². The Hall–Kier alpha value is -3.30. The minimum absolute atomic E-state index is 0.00125. The van der Waals surface area contributed by atoms with E-state index in [4.69, 9.17) is 10.7 Å². The minimum Gasteiger partial charge on any atom is -0.369 e. The molecule has 2 heterocycles. The van der Waals surface area contributed by atoms with Crippen LogP contribution in [0.3, 0.4) is 0 Å². The molecule has 3 aromatic rings. The first-order valence-corrected chi connectivity index (χ1v) is 11.4. The van der Waals surface area contributed by atoms with E-state index in [9.17, 15) is 13.6 Å². The van der Waals surface area contributed by atoms with Crippen LogP contribution in [0.4, 0.5) is 26.4 Å². The van der Waals surface area contributed by atoms with Crippen molar-refractivity contribution in [1.82, 2.24) is 19.5 Å². The second kappa shape index (κ2) is 8.24. The molecule has 0 aliphatic heterocycles. The molecule has 2 fully saturated rings. The summed E-state index contributed by atoms with van der Waals surface area (Å²) in [5, 5.41) is 6.44. The Bertz CT molecular complexity index is 1200. The van der Waals surface area contributed by atoms with Crippen LogP contribution in [-0.2, 0) is 4.79 Å². The first kappa shape index (κ1) is 21.5. The number of fused-ring (bicyclic) bond motifs is 1. The van der Waals surface area contributed by atoms with Gasteiger partial charge in [0.15, 0.2) is 5.65 Å². The summed E-state index contributed by atoms with van der Waals surface area (Å²) in [6, 6.07) is 3.36. The summed E-state index contributed by atoms with van der Waals surface area (Å²) in [7, 11) is 0. The van der Waals surface area contributed by atoms with Gasteiger partial charge in [-0.1, -0.05) is 0 Å². The smallest absolute Gasteiger partial charge is 0.225 e. The zero-order chi connectivity index (χ0) is 23.2. The van der Waals surface area contributed by atoms with Gasteiger partial charge in [0.2, 0.25) is 17.8 Å². The quantitative estimate of drug-likeness (QED) is 0.508. The summed E-state index contributed by atoms with van der Waals surface area (Å²) in [6.07, 6.45) is 7.70. The summed E-state index contributed by atoms with van der Waals surface area (Å²) >= 11 is 0. The fourth-order valence-electron chi connectivity index (χ4n) is 4.82. The van der Waals surface area contributed by atoms with Crippen molar-refractivity contribution in [3.05, 3.63) is 36.0 Å². The zero-order valence-corrected chi connectivity index (χ0v) is 18.4. The van der Waals surface area contributed by atoms with Crippen molar-refractivity contribution in [2.45, 2.75) is 63.5 Å². The average molecular weight is 456 g/mol. The number of nitrogens with zero attached hydrogens (tertiary/aromatic N) is 4. The molecule has 0 saturated heterocycles. The number of benzene rings is 1. The van der Waals surface area contributed by atoms with E-state index in [1.54, 1.807) is 6.20 Å². The molecule has 4 N–H and O–H groups in total. The van der Waals surface area contributed by atoms with Crippen LogP contribution in [0.15, 0.2) is 24.4 Å². The lowest BCUT2D eigenvalue weighted by atomic mass is 9.79. The number of carbonyl (C=O) groups excluding carboxylic acids is 1. The van der Waals surface area contributed by atoms with Gasteiger partial charge in [-0.3, -0.25) is 9.36 Å². The standard InChI is InChI=1S/C23H27F2N7O/c1-23(9-2-10-23)31-21-27-12-18-20(30-21)32(15-6-3-13(4-7-15)19(26)33)22(29-18)28-17-8-5-14(24)11-16(17)25/h5,8,11-13,15H,2-4,6-7,9-10H2,1H3,(H2,26,33)(H,28,29)(H,27,30,31). The molecule has 2 aliphatic rings. The molecule has 174 valence electrons. The Kier molecular flexibility index (Phi) is 5.38. The maximum Gasteiger partial charge on any atom is 0.225 e. The zero-order valence-electron chi connectivity index (χ0n) is 18.4. The van der Waals surface area contributed by atoms with Gasteiger partial charge in [-0.15, -0.1) is 0 Å². The largest absolute Gasteiger partial charge is 0.369 e. The Labute approximate surface area is 190 Å². The molecule has 1 aromatic carbocycles. The summed E-state index contributed by atoms with van der Waals surface area (Å²) in [4.78, 5) is 25.5. The molecule has 2 aliphatic carbocycles. The molecule has 8 nitrogen and oxygen atoms in total. The molecule has 0 radical (unpaired) electrons. The highest BCUT2D eigenvalue weighted by atomic mass is 19.1. The van der Waals surface area contributed by atoms with Crippen LogP contribution in [0.1, 0.15) is 57.9 Å². The van der Waals surface area contributed by atoms with Gasteiger partial charge in [-0.05, 0) is 64.0 Å². The third kappa shape index (κ3) is 4.21. The monoisotopic (exact) mass is 455 g/mol. The molecular weight excluding hydrogens is 428 g/mol. The van der Waals surface area contributed by atoms with Gasteiger partial charge in [-0.25, -0.2) is 18.7 Å². The molecule has 10 heteroatoms. The van der Waals surface area contributed by atoms with Crippen LogP contribution in [-0.4, -0.2) is 31.0 Å². The number of halogens is 2. The summed E-state index contributed by atoms with van der Waals surface area (Å²) < 4.78 is 29.7. The highest BCUT2D eigenvalue weighted by molar-refractivity contribution is 5.78. The van der Waals surface area contributed by atoms with Gasteiger partial charge >= 0.3 is 0 Å². The van der Waals surface area contributed by atoms with E-state index in [-0.39, 0.29) is 29.1 Å². The van der Waals surface area contributed by atoms with Gasteiger partial charge in [-0.2, -0.15) is 4.98 Å². The molecule has 0 spiro atoms. The number of aromatic nitrogens is 4. The van der Waals surface area contributed by atoms with Gasteiger partial charge < -0.3 is 16.4 Å². The number of primary amides is 1. The van der Waals surface area contributed by atoms with E-state index < -0.39 is 11.6 Å². The predicted octanol–water partition coefficient (Wildman–Crippen LogP) is 4.42. The van der Waals surface area contributed by atoms with Gasteiger partial charge in [0.05, 0.1) is 11.9 Å². The van der Waals surface area contributed by atoms with Crippen LogP contribution >= 0.6 is 0 Å². The molecule has 1 amide bonds. The van der Waals surface area contributed by atoms with E-state index in [1.165, 1.54) is 18.6 Å². The highest BCUT2D eigenvalue weighted by Gasteiger charge is 2.33. The van der Waals surface area contributed by atoms with E-state index in [1.807, 2.05) is 4.57 Å². The lowest BCUT2D eigenvalue weighted by Gasteiger charge is -2.39. The number of imidazole rings is 1. The van der Waals surface area contributed by atoms with Crippen LogP contribution in [0.2, 0.25) is 0 Å². The van der Waals surface area contributed by atoms with Crippen molar-refractivity contribution < 1.29 is 13.6 Å².